The standard InChI is InChI=1S/C8H11FN2O2/c9-4-1-2-5-6(3-4)10-8(13)11-7(5)12/h4-6H,1-3H2,(H2,10,11,12,13). The zero-order valence-electron chi connectivity index (χ0n) is 7.05. The summed E-state index contributed by atoms with van der Waals surface area (Å²) in [5.41, 5.74) is 0. The third-order valence-electron chi connectivity index (χ3n) is 2.68. The van der Waals surface area contributed by atoms with Crippen molar-refractivity contribution >= 4 is 11.9 Å². The lowest BCUT2D eigenvalue weighted by atomic mass is 9.82. The lowest BCUT2D eigenvalue weighted by Gasteiger charge is -2.36. The molecule has 4 nitrogen and oxygen atoms in total. The van der Waals surface area contributed by atoms with Crippen molar-refractivity contribution in [3.63, 3.8) is 0 Å². The Morgan fingerprint density at radius 3 is 2.85 bits per heavy atom. The maximum atomic E-state index is 12.9. The Morgan fingerprint density at radius 2 is 2.08 bits per heavy atom. The summed E-state index contributed by atoms with van der Waals surface area (Å²) in [7, 11) is 0. The second-order valence-electron chi connectivity index (χ2n) is 3.59. The monoisotopic (exact) mass is 186 g/mol. The van der Waals surface area contributed by atoms with Gasteiger partial charge in [0.15, 0.2) is 0 Å². The van der Waals surface area contributed by atoms with Crippen LogP contribution in [0.15, 0.2) is 0 Å². The van der Waals surface area contributed by atoms with Gasteiger partial charge in [-0.2, -0.15) is 0 Å². The number of fused-ring (bicyclic) bond motifs is 1. The SMILES string of the molecule is O=C1NC(=O)C2CCC(F)CC2N1. The minimum atomic E-state index is -0.882. The number of amides is 3. The van der Waals surface area contributed by atoms with E-state index in [2.05, 4.69) is 10.6 Å². The summed E-state index contributed by atoms with van der Waals surface area (Å²) in [6, 6.07) is -0.801. The maximum Gasteiger partial charge on any atom is 0.321 e. The number of hydrogen-bond donors (Lipinski definition) is 2. The first kappa shape index (κ1) is 8.47. The van der Waals surface area contributed by atoms with Gasteiger partial charge in [-0.05, 0) is 19.3 Å². The molecule has 0 radical (unpaired) electrons. The largest absolute Gasteiger partial charge is 0.334 e. The van der Waals surface area contributed by atoms with E-state index in [1.54, 1.807) is 0 Å². The van der Waals surface area contributed by atoms with Crippen LogP contribution in [-0.4, -0.2) is 24.2 Å². The van der Waals surface area contributed by atoms with Gasteiger partial charge in [-0.15, -0.1) is 0 Å². The summed E-state index contributed by atoms with van der Waals surface area (Å²) in [4.78, 5) is 22.1. The lowest BCUT2D eigenvalue weighted by molar-refractivity contribution is -0.127. The molecule has 5 heteroatoms. The maximum absolute atomic E-state index is 12.9. The van der Waals surface area contributed by atoms with Crippen LogP contribution in [0.4, 0.5) is 9.18 Å². The zero-order chi connectivity index (χ0) is 9.42. The highest BCUT2D eigenvalue weighted by Gasteiger charge is 2.39. The van der Waals surface area contributed by atoms with Crippen LogP contribution in [0, 0.1) is 5.92 Å². The summed E-state index contributed by atoms with van der Waals surface area (Å²) in [6.07, 6.45) is 0.333. The Morgan fingerprint density at radius 1 is 1.31 bits per heavy atom. The van der Waals surface area contributed by atoms with E-state index in [9.17, 15) is 14.0 Å². The Bertz CT molecular complexity index is 257. The summed E-state index contributed by atoms with van der Waals surface area (Å²) in [5, 5.41) is 4.75. The van der Waals surface area contributed by atoms with Crippen molar-refractivity contribution in [2.45, 2.75) is 31.5 Å². The topological polar surface area (TPSA) is 58.2 Å². The van der Waals surface area contributed by atoms with Crippen LogP contribution >= 0.6 is 0 Å². The van der Waals surface area contributed by atoms with Crippen molar-refractivity contribution in [2.75, 3.05) is 0 Å². The molecule has 1 saturated heterocycles. The number of nitrogens with one attached hydrogen (secondary N) is 2. The molecule has 2 rings (SSSR count). The Labute approximate surface area is 74.9 Å². The molecule has 3 atom stereocenters. The molecule has 0 aromatic carbocycles. The van der Waals surface area contributed by atoms with Gasteiger partial charge in [0.05, 0.1) is 5.92 Å². The van der Waals surface area contributed by atoms with Gasteiger partial charge in [-0.25, -0.2) is 9.18 Å². The van der Waals surface area contributed by atoms with Crippen molar-refractivity contribution < 1.29 is 14.0 Å². The van der Waals surface area contributed by atoms with E-state index in [0.717, 1.165) is 0 Å². The fraction of sp³-hybridized carbons (Fsp3) is 0.750. The lowest BCUT2D eigenvalue weighted by Crippen LogP contribution is -2.60. The molecule has 0 bridgehead atoms. The van der Waals surface area contributed by atoms with E-state index >= 15 is 0 Å². The van der Waals surface area contributed by atoms with Gasteiger partial charge in [-0.1, -0.05) is 0 Å². The molecule has 0 aromatic heterocycles. The summed E-state index contributed by atoms with van der Waals surface area (Å²) in [5.74, 6) is -0.495. The molecular weight excluding hydrogens is 175 g/mol. The van der Waals surface area contributed by atoms with Gasteiger partial charge in [0, 0.05) is 6.04 Å². The van der Waals surface area contributed by atoms with Gasteiger partial charge < -0.3 is 5.32 Å². The molecule has 13 heavy (non-hydrogen) atoms. The molecule has 2 N–H and O–H groups in total. The molecule has 2 fully saturated rings. The Kier molecular flexibility index (Phi) is 1.94. The molecule has 2 aliphatic rings. The average molecular weight is 186 g/mol. The number of imide groups is 1. The Hall–Kier alpha value is -1.13. The van der Waals surface area contributed by atoms with Crippen LogP contribution in [0.5, 0.6) is 0 Å². The number of carbonyl (C=O) groups is 2. The molecule has 0 aromatic rings. The second kappa shape index (κ2) is 2.97. The van der Waals surface area contributed by atoms with Crippen LogP contribution < -0.4 is 10.6 Å². The van der Waals surface area contributed by atoms with E-state index in [4.69, 9.17) is 0 Å². The predicted molar refractivity (Wildman–Crippen MR) is 42.7 cm³/mol. The number of halogens is 1. The predicted octanol–water partition coefficient (Wildman–Crippen LogP) is 0.333. The van der Waals surface area contributed by atoms with Crippen molar-refractivity contribution in [3.8, 4) is 0 Å². The van der Waals surface area contributed by atoms with E-state index in [-0.39, 0.29) is 24.3 Å². The van der Waals surface area contributed by atoms with Gasteiger partial charge in [0.2, 0.25) is 5.91 Å². The number of urea groups is 1. The highest BCUT2D eigenvalue weighted by Crippen LogP contribution is 2.28. The molecular formula is C8H11FN2O2. The van der Waals surface area contributed by atoms with Crippen LogP contribution in [-0.2, 0) is 4.79 Å². The Balaban J connectivity index is 2.10. The quantitative estimate of drug-likeness (QED) is 0.573. The number of carbonyl (C=O) groups excluding carboxylic acids is 2. The molecule has 1 aliphatic carbocycles. The molecule has 1 heterocycles. The average Bonchev–Trinajstić information content (AvgIpc) is 2.02. The normalized spacial score (nSPS) is 39.0. The first-order valence-corrected chi connectivity index (χ1v) is 4.42. The van der Waals surface area contributed by atoms with Crippen LogP contribution in [0.2, 0.25) is 0 Å². The zero-order valence-corrected chi connectivity index (χ0v) is 7.05. The fourth-order valence-electron chi connectivity index (χ4n) is 2.00. The van der Waals surface area contributed by atoms with Crippen molar-refractivity contribution in [1.82, 2.24) is 10.6 Å². The van der Waals surface area contributed by atoms with Crippen molar-refractivity contribution in [1.29, 1.82) is 0 Å². The van der Waals surface area contributed by atoms with E-state index in [1.165, 1.54) is 0 Å². The molecule has 1 saturated carbocycles. The van der Waals surface area contributed by atoms with Crippen molar-refractivity contribution in [2.24, 2.45) is 5.92 Å². The smallest absolute Gasteiger partial charge is 0.321 e. The van der Waals surface area contributed by atoms with Gasteiger partial charge in [-0.3, -0.25) is 10.1 Å². The summed E-state index contributed by atoms with van der Waals surface area (Å²) < 4.78 is 12.9. The first-order chi connectivity index (χ1) is 6.16. The molecule has 3 amide bonds. The fourth-order valence-corrected chi connectivity index (χ4v) is 2.00. The number of rotatable bonds is 0. The minimum absolute atomic E-state index is 0.232. The van der Waals surface area contributed by atoms with Crippen LogP contribution in [0.25, 0.3) is 0 Å². The van der Waals surface area contributed by atoms with Crippen molar-refractivity contribution in [3.05, 3.63) is 0 Å². The van der Waals surface area contributed by atoms with Gasteiger partial charge in [0.25, 0.3) is 0 Å². The second-order valence-corrected chi connectivity index (χ2v) is 3.59. The number of hydrogen-bond acceptors (Lipinski definition) is 2. The molecule has 72 valence electrons. The third-order valence-corrected chi connectivity index (χ3v) is 2.68. The van der Waals surface area contributed by atoms with E-state index in [1.807, 2.05) is 0 Å². The first-order valence-electron chi connectivity index (χ1n) is 4.42. The van der Waals surface area contributed by atoms with Crippen LogP contribution in [0.3, 0.4) is 0 Å². The van der Waals surface area contributed by atoms with Gasteiger partial charge in [0.1, 0.15) is 6.17 Å². The molecule has 3 unspecified atom stereocenters. The highest BCUT2D eigenvalue weighted by atomic mass is 19.1. The minimum Gasteiger partial charge on any atom is -0.334 e. The number of alkyl halides is 1. The molecule has 0 spiro atoms. The summed E-state index contributed by atoms with van der Waals surface area (Å²) in [6.45, 7) is 0. The van der Waals surface area contributed by atoms with Gasteiger partial charge >= 0.3 is 6.03 Å². The molecule has 1 aliphatic heterocycles. The highest BCUT2D eigenvalue weighted by molar-refractivity contribution is 5.98. The third kappa shape index (κ3) is 1.50. The van der Waals surface area contributed by atoms with E-state index in [0.29, 0.717) is 12.8 Å². The van der Waals surface area contributed by atoms with E-state index < -0.39 is 12.2 Å². The summed E-state index contributed by atoms with van der Waals surface area (Å²) >= 11 is 0. The van der Waals surface area contributed by atoms with Crippen LogP contribution in [0.1, 0.15) is 19.3 Å².